The Balaban J connectivity index is 1.54. The fourth-order valence-corrected chi connectivity index (χ4v) is 2.86. The van der Waals surface area contributed by atoms with Crippen molar-refractivity contribution in [3.8, 4) is 5.75 Å². The number of rotatable bonds is 5. The van der Waals surface area contributed by atoms with E-state index in [2.05, 4.69) is 11.9 Å². The van der Waals surface area contributed by atoms with E-state index in [4.69, 9.17) is 4.74 Å². The Hall–Kier alpha value is -1.06. The molecule has 0 amide bonds. The quantitative estimate of drug-likeness (QED) is 0.884. The van der Waals surface area contributed by atoms with E-state index >= 15 is 0 Å². The minimum Gasteiger partial charge on any atom is -0.493 e. The van der Waals surface area contributed by atoms with Crippen LogP contribution in [-0.2, 0) is 0 Å². The van der Waals surface area contributed by atoms with Crippen molar-refractivity contribution in [2.24, 2.45) is 11.8 Å². The molecule has 2 aliphatic rings. The highest BCUT2D eigenvalue weighted by Gasteiger charge is 2.29. The van der Waals surface area contributed by atoms with E-state index in [0.29, 0.717) is 6.61 Å². The number of ether oxygens (including phenoxy) is 1. The molecule has 0 bridgehead atoms. The van der Waals surface area contributed by atoms with Crippen molar-refractivity contribution in [2.75, 3.05) is 26.7 Å². The Labute approximate surface area is 115 Å². The van der Waals surface area contributed by atoms with Gasteiger partial charge in [0.1, 0.15) is 5.75 Å². The molecule has 19 heavy (non-hydrogen) atoms. The number of benzene rings is 1. The first kappa shape index (κ1) is 12.9. The van der Waals surface area contributed by atoms with Crippen molar-refractivity contribution in [3.05, 3.63) is 29.8 Å². The molecule has 1 saturated carbocycles. The minimum absolute atomic E-state index is 0.219. The zero-order valence-electron chi connectivity index (χ0n) is 11.6. The summed E-state index contributed by atoms with van der Waals surface area (Å²) in [6.07, 6.45) is 3.41. The van der Waals surface area contributed by atoms with Crippen molar-refractivity contribution in [1.82, 2.24) is 4.90 Å². The number of para-hydroxylation sites is 1. The number of aliphatic hydroxyl groups is 1. The average molecular weight is 261 g/mol. The van der Waals surface area contributed by atoms with Crippen LogP contribution in [0.2, 0.25) is 0 Å². The van der Waals surface area contributed by atoms with E-state index in [-0.39, 0.29) is 12.0 Å². The molecule has 104 valence electrons. The average Bonchev–Trinajstić information content (AvgIpc) is 3.22. The van der Waals surface area contributed by atoms with Gasteiger partial charge in [0.15, 0.2) is 0 Å². The molecular formula is C16H23NO2. The summed E-state index contributed by atoms with van der Waals surface area (Å²) < 4.78 is 5.75. The van der Waals surface area contributed by atoms with Crippen molar-refractivity contribution < 1.29 is 9.84 Å². The van der Waals surface area contributed by atoms with E-state index in [0.717, 1.165) is 30.2 Å². The van der Waals surface area contributed by atoms with E-state index in [9.17, 15) is 5.11 Å². The Kier molecular flexibility index (Phi) is 3.76. The molecule has 0 aromatic heterocycles. The maximum Gasteiger partial charge on any atom is 0.125 e. The number of fused-ring (bicyclic) bond motifs is 1. The molecule has 1 fully saturated rings. The summed E-state index contributed by atoms with van der Waals surface area (Å²) in [5.74, 6) is 1.99. The fourth-order valence-electron chi connectivity index (χ4n) is 2.86. The van der Waals surface area contributed by atoms with E-state index in [1.54, 1.807) is 0 Å². The van der Waals surface area contributed by atoms with Crippen molar-refractivity contribution in [3.63, 3.8) is 0 Å². The highest BCUT2D eigenvalue weighted by Crippen LogP contribution is 2.36. The second-order valence-electron chi connectivity index (χ2n) is 6.05. The van der Waals surface area contributed by atoms with Gasteiger partial charge in [-0.05, 0) is 44.8 Å². The SMILES string of the molecule is CN(CCC1COc2ccccc2C1O)CC1CC1. The molecule has 1 aliphatic carbocycles. The zero-order valence-corrected chi connectivity index (χ0v) is 11.6. The van der Waals surface area contributed by atoms with Gasteiger partial charge in [-0.15, -0.1) is 0 Å². The number of hydrogen-bond donors (Lipinski definition) is 1. The van der Waals surface area contributed by atoms with Gasteiger partial charge in [-0.1, -0.05) is 18.2 Å². The highest BCUT2D eigenvalue weighted by molar-refractivity contribution is 5.36. The zero-order chi connectivity index (χ0) is 13.2. The van der Waals surface area contributed by atoms with Crippen LogP contribution >= 0.6 is 0 Å². The first-order valence-corrected chi connectivity index (χ1v) is 7.32. The Morgan fingerprint density at radius 2 is 2.11 bits per heavy atom. The lowest BCUT2D eigenvalue weighted by Crippen LogP contribution is -2.30. The summed E-state index contributed by atoms with van der Waals surface area (Å²) in [5.41, 5.74) is 0.948. The topological polar surface area (TPSA) is 32.7 Å². The van der Waals surface area contributed by atoms with Gasteiger partial charge in [0.25, 0.3) is 0 Å². The standard InChI is InChI=1S/C16H23NO2/c1-17(10-12-6-7-12)9-8-13-11-19-15-5-3-2-4-14(15)16(13)18/h2-5,12-13,16,18H,6-11H2,1H3. The van der Waals surface area contributed by atoms with E-state index in [1.807, 2.05) is 24.3 Å². The van der Waals surface area contributed by atoms with Gasteiger partial charge in [0, 0.05) is 18.0 Å². The van der Waals surface area contributed by atoms with Crippen LogP contribution in [0.15, 0.2) is 24.3 Å². The van der Waals surface area contributed by atoms with Crippen LogP contribution in [0.5, 0.6) is 5.75 Å². The van der Waals surface area contributed by atoms with Crippen molar-refractivity contribution >= 4 is 0 Å². The molecule has 0 radical (unpaired) electrons. The Bertz CT molecular complexity index is 431. The summed E-state index contributed by atoms with van der Waals surface area (Å²) in [6.45, 7) is 2.89. The van der Waals surface area contributed by atoms with Gasteiger partial charge in [0.05, 0.1) is 12.7 Å². The van der Waals surface area contributed by atoms with E-state index in [1.165, 1.54) is 19.4 Å². The molecule has 1 N–H and O–H groups in total. The Morgan fingerprint density at radius 1 is 1.32 bits per heavy atom. The largest absolute Gasteiger partial charge is 0.493 e. The molecule has 1 aromatic carbocycles. The lowest BCUT2D eigenvalue weighted by Gasteiger charge is -2.31. The number of hydrogen-bond acceptors (Lipinski definition) is 3. The van der Waals surface area contributed by atoms with Gasteiger partial charge < -0.3 is 14.7 Å². The third kappa shape index (κ3) is 3.10. The molecule has 3 heteroatoms. The minimum atomic E-state index is -0.376. The number of nitrogens with zero attached hydrogens (tertiary/aromatic N) is 1. The molecule has 1 aromatic rings. The second kappa shape index (κ2) is 5.51. The molecule has 2 atom stereocenters. The smallest absolute Gasteiger partial charge is 0.125 e. The van der Waals surface area contributed by atoms with Crippen LogP contribution in [0, 0.1) is 11.8 Å². The molecule has 3 nitrogen and oxygen atoms in total. The summed E-state index contributed by atoms with van der Waals surface area (Å²) in [6, 6.07) is 7.83. The lowest BCUT2D eigenvalue weighted by molar-refractivity contribution is 0.0413. The highest BCUT2D eigenvalue weighted by atomic mass is 16.5. The monoisotopic (exact) mass is 261 g/mol. The second-order valence-corrected chi connectivity index (χ2v) is 6.05. The van der Waals surface area contributed by atoms with Crippen molar-refractivity contribution in [1.29, 1.82) is 0 Å². The van der Waals surface area contributed by atoms with Crippen LogP contribution in [0.3, 0.4) is 0 Å². The molecule has 0 spiro atoms. The van der Waals surface area contributed by atoms with Crippen LogP contribution < -0.4 is 4.74 Å². The summed E-state index contributed by atoms with van der Waals surface area (Å²) in [5, 5.41) is 10.4. The summed E-state index contributed by atoms with van der Waals surface area (Å²) in [7, 11) is 2.18. The fraction of sp³-hybridized carbons (Fsp3) is 0.625. The summed E-state index contributed by atoms with van der Waals surface area (Å²) >= 11 is 0. The molecular weight excluding hydrogens is 238 g/mol. The Morgan fingerprint density at radius 3 is 2.89 bits per heavy atom. The molecule has 2 unspecified atom stereocenters. The predicted molar refractivity (Wildman–Crippen MR) is 75.2 cm³/mol. The van der Waals surface area contributed by atoms with Crippen LogP contribution in [0.4, 0.5) is 0 Å². The third-order valence-corrected chi connectivity index (χ3v) is 4.29. The van der Waals surface area contributed by atoms with Crippen LogP contribution in [0.25, 0.3) is 0 Å². The maximum absolute atomic E-state index is 10.4. The molecule has 0 saturated heterocycles. The van der Waals surface area contributed by atoms with Gasteiger partial charge in [-0.3, -0.25) is 0 Å². The van der Waals surface area contributed by atoms with Crippen LogP contribution in [-0.4, -0.2) is 36.8 Å². The normalized spacial score (nSPS) is 26.1. The van der Waals surface area contributed by atoms with Gasteiger partial charge in [-0.25, -0.2) is 0 Å². The third-order valence-electron chi connectivity index (χ3n) is 4.29. The van der Waals surface area contributed by atoms with E-state index < -0.39 is 0 Å². The van der Waals surface area contributed by atoms with Gasteiger partial charge in [-0.2, -0.15) is 0 Å². The summed E-state index contributed by atoms with van der Waals surface area (Å²) in [4.78, 5) is 2.39. The van der Waals surface area contributed by atoms with Crippen molar-refractivity contribution in [2.45, 2.75) is 25.4 Å². The predicted octanol–water partition coefficient (Wildman–Crippen LogP) is 2.46. The number of aliphatic hydroxyl groups excluding tert-OH is 1. The van der Waals surface area contributed by atoms with Gasteiger partial charge >= 0.3 is 0 Å². The molecule has 3 rings (SSSR count). The van der Waals surface area contributed by atoms with Crippen LogP contribution in [0.1, 0.15) is 30.9 Å². The molecule has 1 aliphatic heterocycles. The maximum atomic E-state index is 10.4. The lowest BCUT2D eigenvalue weighted by atomic mass is 9.90. The van der Waals surface area contributed by atoms with Gasteiger partial charge in [0.2, 0.25) is 0 Å². The first-order chi connectivity index (χ1) is 9.24. The molecule has 1 heterocycles. The first-order valence-electron chi connectivity index (χ1n) is 7.32.